The standard InChI is InChI=1S/C13H13F2NOS/c14-12(15)18-11-5-3-10(4-6-11)13(16-9-17)7-1-2-8-13/h3-6,12H,1-2,7-8H2. The van der Waals surface area contributed by atoms with Gasteiger partial charge in [0.15, 0.2) is 0 Å². The molecular formula is C13H13F2NOS. The summed E-state index contributed by atoms with van der Waals surface area (Å²) in [5.41, 5.74) is 0.442. The summed E-state index contributed by atoms with van der Waals surface area (Å²) in [7, 11) is 0. The van der Waals surface area contributed by atoms with Gasteiger partial charge in [0.2, 0.25) is 6.08 Å². The number of hydrogen-bond acceptors (Lipinski definition) is 3. The number of thioether (sulfide) groups is 1. The number of rotatable bonds is 4. The van der Waals surface area contributed by atoms with E-state index in [-0.39, 0.29) is 0 Å². The summed E-state index contributed by atoms with van der Waals surface area (Å²) in [4.78, 5) is 15.0. The summed E-state index contributed by atoms with van der Waals surface area (Å²) in [5, 5.41) is 0. The van der Waals surface area contributed by atoms with Crippen molar-refractivity contribution in [3.05, 3.63) is 29.8 Å². The minimum Gasteiger partial charge on any atom is -0.211 e. The zero-order valence-electron chi connectivity index (χ0n) is 9.73. The van der Waals surface area contributed by atoms with Crippen LogP contribution >= 0.6 is 11.8 Å². The van der Waals surface area contributed by atoms with Crippen molar-refractivity contribution in [3.63, 3.8) is 0 Å². The molecule has 0 aliphatic heterocycles. The van der Waals surface area contributed by atoms with Crippen molar-refractivity contribution in [1.82, 2.24) is 0 Å². The number of hydrogen-bond donors (Lipinski definition) is 0. The summed E-state index contributed by atoms with van der Waals surface area (Å²) in [6.07, 6.45) is 5.34. The van der Waals surface area contributed by atoms with Crippen LogP contribution < -0.4 is 0 Å². The molecule has 0 heterocycles. The number of isocyanates is 1. The molecule has 0 aromatic heterocycles. The van der Waals surface area contributed by atoms with Crippen molar-refractivity contribution in [3.8, 4) is 0 Å². The molecule has 1 aromatic rings. The van der Waals surface area contributed by atoms with Crippen molar-refractivity contribution >= 4 is 17.8 Å². The van der Waals surface area contributed by atoms with Gasteiger partial charge in [0.1, 0.15) is 0 Å². The van der Waals surface area contributed by atoms with Crippen LogP contribution in [0.25, 0.3) is 0 Å². The molecule has 18 heavy (non-hydrogen) atoms. The van der Waals surface area contributed by atoms with Crippen LogP contribution in [0, 0.1) is 0 Å². The van der Waals surface area contributed by atoms with Gasteiger partial charge in [0, 0.05) is 4.90 Å². The zero-order valence-corrected chi connectivity index (χ0v) is 10.6. The van der Waals surface area contributed by atoms with E-state index in [1.54, 1.807) is 30.3 Å². The molecule has 5 heteroatoms. The number of nitrogens with zero attached hydrogens (tertiary/aromatic N) is 1. The Labute approximate surface area is 108 Å². The third-order valence-corrected chi connectivity index (χ3v) is 4.03. The molecule has 0 bridgehead atoms. The molecule has 1 aliphatic carbocycles. The Morgan fingerprint density at radius 2 is 1.83 bits per heavy atom. The Balaban J connectivity index is 2.24. The Morgan fingerprint density at radius 3 is 2.33 bits per heavy atom. The van der Waals surface area contributed by atoms with Crippen molar-refractivity contribution in [2.24, 2.45) is 4.99 Å². The topological polar surface area (TPSA) is 29.4 Å². The molecule has 0 atom stereocenters. The lowest BCUT2D eigenvalue weighted by molar-refractivity contribution is 0.252. The van der Waals surface area contributed by atoms with Crippen LogP contribution in [0.5, 0.6) is 0 Å². The maximum absolute atomic E-state index is 12.2. The van der Waals surface area contributed by atoms with E-state index in [2.05, 4.69) is 4.99 Å². The highest BCUT2D eigenvalue weighted by molar-refractivity contribution is 7.99. The first kappa shape index (κ1) is 13.2. The summed E-state index contributed by atoms with van der Waals surface area (Å²) in [6, 6.07) is 6.90. The van der Waals surface area contributed by atoms with E-state index in [1.807, 2.05) is 0 Å². The molecule has 0 radical (unpaired) electrons. The first-order chi connectivity index (χ1) is 8.66. The zero-order chi connectivity index (χ0) is 13.0. The van der Waals surface area contributed by atoms with Crippen molar-refractivity contribution < 1.29 is 13.6 Å². The first-order valence-electron chi connectivity index (χ1n) is 5.81. The van der Waals surface area contributed by atoms with E-state index < -0.39 is 11.3 Å². The van der Waals surface area contributed by atoms with Gasteiger partial charge >= 0.3 is 0 Å². The van der Waals surface area contributed by atoms with Crippen LogP contribution in [-0.4, -0.2) is 11.8 Å². The molecule has 0 unspecified atom stereocenters. The van der Waals surface area contributed by atoms with Gasteiger partial charge in [-0.05, 0) is 30.5 Å². The smallest absolute Gasteiger partial charge is 0.211 e. The number of halogens is 2. The summed E-state index contributed by atoms with van der Waals surface area (Å²) in [5.74, 6) is -2.41. The van der Waals surface area contributed by atoms with Gasteiger partial charge in [-0.1, -0.05) is 36.7 Å². The molecule has 0 N–H and O–H groups in total. The van der Waals surface area contributed by atoms with Gasteiger partial charge in [-0.2, -0.15) is 13.8 Å². The number of benzene rings is 1. The Hall–Kier alpha value is -1.19. The van der Waals surface area contributed by atoms with E-state index in [1.165, 1.54) is 0 Å². The number of carbonyl (C=O) groups excluding carboxylic acids is 1. The molecular weight excluding hydrogens is 256 g/mol. The van der Waals surface area contributed by atoms with Crippen LogP contribution in [0.2, 0.25) is 0 Å². The molecule has 1 saturated carbocycles. The average molecular weight is 269 g/mol. The van der Waals surface area contributed by atoms with Crippen LogP contribution in [0.1, 0.15) is 31.2 Å². The van der Waals surface area contributed by atoms with Gasteiger partial charge in [0.05, 0.1) is 5.54 Å². The third-order valence-electron chi connectivity index (χ3n) is 3.31. The van der Waals surface area contributed by atoms with Gasteiger partial charge in [-0.3, -0.25) is 0 Å². The molecule has 1 aromatic carbocycles. The third kappa shape index (κ3) is 2.79. The predicted molar refractivity (Wildman–Crippen MR) is 66.6 cm³/mol. The maximum atomic E-state index is 12.2. The second-order valence-corrected chi connectivity index (χ2v) is 5.41. The summed E-state index contributed by atoms with van der Waals surface area (Å²) < 4.78 is 24.4. The van der Waals surface area contributed by atoms with Gasteiger partial charge in [-0.25, -0.2) is 4.79 Å². The fourth-order valence-electron chi connectivity index (χ4n) is 2.46. The summed E-state index contributed by atoms with van der Waals surface area (Å²) >= 11 is 0.521. The average Bonchev–Trinajstić information content (AvgIpc) is 2.79. The van der Waals surface area contributed by atoms with Crippen LogP contribution in [-0.2, 0) is 10.3 Å². The Kier molecular flexibility index (Phi) is 4.15. The molecule has 96 valence electrons. The Bertz CT molecular complexity index is 449. The highest BCUT2D eigenvalue weighted by Crippen LogP contribution is 2.42. The minimum atomic E-state index is -2.41. The lowest BCUT2D eigenvalue weighted by Crippen LogP contribution is -2.18. The fourth-order valence-corrected chi connectivity index (χ4v) is 2.96. The van der Waals surface area contributed by atoms with Crippen LogP contribution in [0.3, 0.4) is 0 Å². The molecule has 0 amide bonds. The van der Waals surface area contributed by atoms with E-state index in [0.717, 1.165) is 31.2 Å². The molecule has 1 aliphatic rings. The van der Waals surface area contributed by atoms with E-state index in [4.69, 9.17) is 0 Å². The molecule has 2 nitrogen and oxygen atoms in total. The van der Waals surface area contributed by atoms with Gasteiger partial charge in [0.25, 0.3) is 5.76 Å². The van der Waals surface area contributed by atoms with Crippen molar-refractivity contribution in [1.29, 1.82) is 0 Å². The van der Waals surface area contributed by atoms with Gasteiger partial charge in [-0.15, -0.1) is 0 Å². The van der Waals surface area contributed by atoms with Crippen molar-refractivity contribution in [2.45, 2.75) is 41.9 Å². The fraction of sp³-hybridized carbons (Fsp3) is 0.462. The molecule has 2 rings (SSSR count). The summed E-state index contributed by atoms with van der Waals surface area (Å²) in [6.45, 7) is 0. The highest BCUT2D eigenvalue weighted by atomic mass is 32.2. The highest BCUT2D eigenvalue weighted by Gasteiger charge is 2.35. The maximum Gasteiger partial charge on any atom is 0.288 e. The normalized spacial score (nSPS) is 17.7. The minimum absolute atomic E-state index is 0.476. The monoisotopic (exact) mass is 269 g/mol. The number of alkyl halides is 2. The number of aliphatic imine (C=N–C) groups is 1. The largest absolute Gasteiger partial charge is 0.288 e. The van der Waals surface area contributed by atoms with E-state index in [9.17, 15) is 13.6 Å². The van der Waals surface area contributed by atoms with Crippen molar-refractivity contribution in [2.75, 3.05) is 0 Å². The quantitative estimate of drug-likeness (QED) is 0.468. The second kappa shape index (κ2) is 5.63. The molecule has 0 spiro atoms. The first-order valence-corrected chi connectivity index (χ1v) is 6.69. The van der Waals surface area contributed by atoms with Gasteiger partial charge < -0.3 is 0 Å². The predicted octanol–water partition coefficient (Wildman–Crippen LogP) is 4.11. The lowest BCUT2D eigenvalue weighted by Gasteiger charge is -2.22. The molecule has 1 fully saturated rings. The second-order valence-electron chi connectivity index (χ2n) is 4.34. The van der Waals surface area contributed by atoms with Crippen LogP contribution in [0.15, 0.2) is 34.2 Å². The van der Waals surface area contributed by atoms with E-state index in [0.29, 0.717) is 16.7 Å². The SMILES string of the molecule is O=C=NC1(c2ccc(SC(F)F)cc2)CCCC1. The molecule has 0 saturated heterocycles. The van der Waals surface area contributed by atoms with E-state index >= 15 is 0 Å². The lowest BCUT2D eigenvalue weighted by atomic mass is 9.89. The van der Waals surface area contributed by atoms with Crippen LogP contribution in [0.4, 0.5) is 8.78 Å². The Morgan fingerprint density at radius 1 is 1.22 bits per heavy atom.